The van der Waals surface area contributed by atoms with Gasteiger partial charge in [0.25, 0.3) is 6.43 Å². The summed E-state index contributed by atoms with van der Waals surface area (Å²) in [5, 5.41) is 0. The maximum atomic E-state index is 12.4. The molecule has 0 unspecified atom stereocenters. The lowest BCUT2D eigenvalue weighted by atomic mass is 9.77. The molecule has 16 heavy (non-hydrogen) atoms. The number of hydrogen-bond acceptors (Lipinski definition) is 1. The highest BCUT2D eigenvalue weighted by Crippen LogP contribution is 2.17. The first-order chi connectivity index (χ1) is 7.30. The predicted octanol–water partition coefficient (Wildman–Crippen LogP) is 2.69. The van der Waals surface area contributed by atoms with E-state index in [1.165, 1.54) is 6.92 Å². The molecule has 1 aromatic rings. The SMILES string of the molecule is Cc1cc(OCC(F)F)ccc1[B-](F)(F)F. The van der Waals surface area contributed by atoms with E-state index in [2.05, 4.69) is 4.74 Å². The molecule has 1 nitrogen and oxygen atoms in total. The van der Waals surface area contributed by atoms with Crippen molar-refractivity contribution in [1.29, 1.82) is 0 Å². The Bertz CT molecular complexity index is 363. The van der Waals surface area contributed by atoms with E-state index < -0.39 is 25.5 Å². The molecule has 0 saturated carbocycles. The maximum Gasteiger partial charge on any atom is 0.509 e. The lowest BCUT2D eigenvalue weighted by molar-refractivity contribution is 0.0819. The zero-order valence-electron chi connectivity index (χ0n) is 8.39. The van der Waals surface area contributed by atoms with Gasteiger partial charge in [-0.25, -0.2) is 8.78 Å². The fourth-order valence-corrected chi connectivity index (χ4v) is 1.26. The summed E-state index contributed by atoms with van der Waals surface area (Å²) < 4.78 is 65.4. The molecule has 0 aliphatic carbocycles. The summed E-state index contributed by atoms with van der Waals surface area (Å²) in [6.07, 6.45) is -2.65. The summed E-state index contributed by atoms with van der Waals surface area (Å²) in [4.78, 5) is 0. The summed E-state index contributed by atoms with van der Waals surface area (Å²) in [6, 6.07) is 2.99. The molecular weight excluding hydrogens is 230 g/mol. The third-order valence-corrected chi connectivity index (χ3v) is 1.97. The van der Waals surface area contributed by atoms with Crippen LogP contribution in [-0.2, 0) is 0 Å². The van der Waals surface area contributed by atoms with Crippen molar-refractivity contribution in [3.63, 3.8) is 0 Å². The molecule has 1 aromatic carbocycles. The molecule has 0 radical (unpaired) electrons. The fraction of sp³-hybridized carbons (Fsp3) is 0.333. The summed E-state index contributed by atoms with van der Waals surface area (Å²) in [5.41, 5.74) is -0.760. The minimum absolute atomic E-state index is 0.0154. The van der Waals surface area contributed by atoms with Crippen LogP contribution in [0.2, 0.25) is 0 Å². The average Bonchev–Trinajstić information content (AvgIpc) is 2.12. The van der Waals surface area contributed by atoms with Crippen molar-refractivity contribution in [2.75, 3.05) is 6.61 Å². The Balaban J connectivity index is 2.83. The average molecular weight is 239 g/mol. The van der Waals surface area contributed by atoms with Gasteiger partial charge >= 0.3 is 6.98 Å². The molecule has 0 N–H and O–H groups in total. The first-order valence-electron chi connectivity index (χ1n) is 4.52. The van der Waals surface area contributed by atoms with E-state index in [0.29, 0.717) is 0 Å². The molecule has 0 aliphatic rings. The van der Waals surface area contributed by atoms with E-state index in [1.54, 1.807) is 0 Å². The first kappa shape index (κ1) is 12.8. The third-order valence-electron chi connectivity index (χ3n) is 1.97. The van der Waals surface area contributed by atoms with Gasteiger partial charge in [0.05, 0.1) is 0 Å². The summed E-state index contributed by atoms with van der Waals surface area (Å²) >= 11 is 0. The lowest BCUT2D eigenvalue weighted by Gasteiger charge is -2.18. The van der Waals surface area contributed by atoms with Gasteiger partial charge in [-0.3, -0.25) is 0 Å². The molecule has 0 aliphatic heterocycles. The van der Waals surface area contributed by atoms with Crippen LogP contribution in [-0.4, -0.2) is 20.0 Å². The molecule has 0 atom stereocenters. The Kier molecular flexibility index (Phi) is 3.77. The van der Waals surface area contributed by atoms with E-state index in [-0.39, 0.29) is 11.3 Å². The molecule has 0 saturated heterocycles. The van der Waals surface area contributed by atoms with Gasteiger partial charge in [-0.2, -0.15) is 0 Å². The van der Waals surface area contributed by atoms with Gasteiger partial charge in [0.2, 0.25) is 0 Å². The largest absolute Gasteiger partial charge is 0.509 e. The second-order valence-corrected chi connectivity index (χ2v) is 3.30. The van der Waals surface area contributed by atoms with Gasteiger partial charge in [-0.1, -0.05) is 11.6 Å². The van der Waals surface area contributed by atoms with E-state index in [1.807, 2.05) is 0 Å². The van der Waals surface area contributed by atoms with Crippen molar-refractivity contribution in [2.45, 2.75) is 13.3 Å². The molecule has 0 heterocycles. The van der Waals surface area contributed by atoms with E-state index in [4.69, 9.17) is 0 Å². The lowest BCUT2D eigenvalue weighted by Crippen LogP contribution is -2.35. The zero-order valence-corrected chi connectivity index (χ0v) is 8.39. The quantitative estimate of drug-likeness (QED) is 0.579. The summed E-state index contributed by atoms with van der Waals surface area (Å²) in [7, 11) is 0. The van der Waals surface area contributed by atoms with Crippen LogP contribution in [0.25, 0.3) is 0 Å². The second kappa shape index (κ2) is 4.72. The van der Waals surface area contributed by atoms with Crippen LogP contribution >= 0.6 is 0 Å². The van der Waals surface area contributed by atoms with Gasteiger partial charge in [-0.05, 0) is 19.1 Å². The monoisotopic (exact) mass is 239 g/mol. The first-order valence-corrected chi connectivity index (χ1v) is 4.52. The Morgan fingerprint density at radius 1 is 1.25 bits per heavy atom. The third kappa shape index (κ3) is 3.39. The standard InChI is InChI=1S/C9H9BF5O/c1-6-4-7(16-5-9(11)12)2-3-8(6)10(13,14)15/h2-4,9H,5H2,1H3/q-1. The minimum atomic E-state index is -5.07. The number of alkyl halides is 2. The van der Waals surface area contributed by atoms with E-state index in [0.717, 1.165) is 18.2 Å². The van der Waals surface area contributed by atoms with Crippen LogP contribution < -0.4 is 10.2 Å². The van der Waals surface area contributed by atoms with Crippen LogP contribution in [0, 0.1) is 6.92 Å². The summed E-state index contributed by atoms with van der Waals surface area (Å²) in [6.45, 7) is -4.63. The van der Waals surface area contributed by atoms with Gasteiger partial charge in [0.15, 0.2) is 0 Å². The van der Waals surface area contributed by atoms with Crippen LogP contribution in [0.1, 0.15) is 5.56 Å². The highest BCUT2D eigenvalue weighted by atomic mass is 19.4. The topological polar surface area (TPSA) is 9.23 Å². The molecule has 0 aromatic heterocycles. The Morgan fingerprint density at radius 2 is 1.88 bits per heavy atom. The van der Waals surface area contributed by atoms with E-state index in [9.17, 15) is 21.7 Å². The van der Waals surface area contributed by atoms with Crippen molar-refractivity contribution >= 4 is 12.4 Å². The van der Waals surface area contributed by atoms with Crippen molar-refractivity contribution < 1.29 is 26.5 Å². The number of halogens is 5. The number of hydrogen-bond donors (Lipinski definition) is 0. The van der Waals surface area contributed by atoms with E-state index >= 15 is 0 Å². The molecule has 7 heteroatoms. The van der Waals surface area contributed by atoms with Gasteiger partial charge in [0.1, 0.15) is 12.4 Å². The van der Waals surface area contributed by atoms with Gasteiger partial charge < -0.3 is 17.7 Å². The molecule has 0 fully saturated rings. The highest BCUT2D eigenvalue weighted by Gasteiger charge is 2.27. The normalized spacial score (nSPS) is 11.9. The highest BCUT2D eigenvalue weighted by molar-refractivity contribution is 6.74. The van der Waals surface area contributed by atoms with Crippen molar-refractivity contribution in [3.8, 4) is 5.75 Å². The molecule has 1 rings (SSSR count). The van der Waals surface area contributed by atoms with Gasteiger partial charge in [-0.15, -0.1) is 5.46 Å². The number of benzene rings is 1. The zero-order chi connectivity index (χ0) is 12.3. The second-order valence-electron chi connectivity index (χ2n) is 3.30. The Hall–Kier alpha value is -1.27. The molecule has 0 bridgehead atoms. The van der Waals surface area contributed by atoms with Crippen molar-refractivity contribution in [3.05, 3.63) is 23.8 Å². The van der Waals surface area contributed by atoms with Crippen molar-refractivity contribution in [2.24, 2.45) is 0 Å². The Morgan fingerprint density at radius 3 is 2.31 bits per heavy atom. The smallest absolute Gasteiger partial charge is 0.488 e. The molecular formula is C9H9BF5O-. The fourth-order valence-electron chi connectivity index (χ4n) is 1.26. The van der Waals surface area contributed by atoms with Gasteiger partial charge in [0, 0.05) is 0 Å². The maximum absolute atomic E-state index is 12.4. The Labute approximate surface area is 89.3 Å². The van der Waals surface area contributed by atoms with Crippen molar-refractivity contribution in [1.82, 2.24) is 0 Å². The number of rotatable bonds is 4. The molecule has 90 valence electrons. The minimum Gasteiger partial charge on any atom is -0.488 e. The molecule has 0 amide bonds. The predicted molar refractivity (Wildman–Crippen MR) is 51.4 cm³/mol. The van der Waals surface area contributed by atoms with Crippen LogP contribution in [0.5, 0.6) is 5.75 Å². The van der Waals surface area contributed by atoms with Crippen LogP contribution in [0.15, 0.2) is 18.2 Å². The molecule has 0 spiro atoms. The number of aryl methyl sites for hydroxylation is 1. The number of ether oxygens (including phenoxy) is 1. The van der Waals surface area contributed by atoms with Crippen LogP contribution in [0.3, 0.4) is 0 Å². The van der Waals surface area contributed by atoms with Crippen LogP contribution in [0.4, 0.5) is 21.7 Å². The summed E-state index contributed by atoms with van der Waals surface area (Å²) in [5.74, 6) is 0.0154.